The van der Waals surface area contributed by atoms with Crippen molar-refractivity contribution in [2.24, 2.45) is 0 Å². The third kappa shape index (κ3) is 3.13. The van der Waals surface area contributed by atoms with Gasteiger partial charge in [0.1, 0.15) is 0 Å². The van der Waals surface area contributed by atoms with E-state index < -0.39 is 0 Å². The van der Waals surface area contributed by atoms with Crippen molar-refractivity contribution in [3.05, 3.63) is 34.3 Å². The van der Waals surface area contributed by atoms with Crippen molar-refractivity contribution in [1.82, 2.24) is 10.2 Å². The maximum Gasteiger partial charge on any atom is 0.0438 e. The van der Waals surface area contributed by atoms with E-state index in [2.05, 4.69) is 35.3 Å². The first-order valence-electron chi connectivity index (χ1n) is 7.45. The number of hydrogen-bond donors (Lipinski definition) is 1. The highest BCUT2D eigenvalue weighted by Gasteiger charge is 2.31. The SMILES string of the molecule is Cc1ccc(CNC2CCN3CCCC3C2)cc1Cl. The van der Waals surface area contributed by atoms with Crippen LogP contribution in [0.4, 0.5) is 0 Å². The fourth-order valence-corrected chi connectivity index (χ4v) is 3.62. The Morgan fingerprint density at radius 2 is 2.21 bits per heavy atom. The maximum absolute atomic E-state index is 6.17. The largest absolute Gasteiger partial charge is 0.310 e. The molecule has 2 aliphatic rings. The minimum Gasteiger partial charge on any atom is -0.310 e. The summed E-state index contributed by atoms with van der Waals surface area (Å²) >= 11 is 6.17. The molecule has 1 aromatic rings. The lowest BCUT2D eigenvalue weighted by Crippen LogP contribution is -2.45. The molecule has 2 unspecified atom stereocenters. The Hall–Kier alpha value is -0.570. The third-order valence-corrected chi connectivity index (χ3v) is 5.06. The number of fused-ring (bicyclic) bond motifs is 1. The van der Waals surface area contributed by atoms with Crippen molar-refractivity contribution in [2.75, 3.05) is 13.1 Å². The normalized spacial score (nSPS) is 27.5. The Balaban J connectivity index is 1.53. The highest BCUT2D eigenvalue weighted by molar-refractivity contribution is 6.31. The molecule has 0 saturated carbocycles. The van der Waals surface area contributed by atoms with Gasteiger partial charge in [-0.1, -0.05) is 23.7 Å². The van der Waals surface area contributed by atoms with E-state index in [0.717, 1.165) is 23.2 Å². The second kappa shape index (κ2) is 5.82. The average molecular weight is 279 g/mol. The summed E-state index contributed by atoms with van der Waals surface area (Å²) in [5.74, 6) is 0. The van der Waals surface area contributed by atoms with Gasteiger partial charge in [0.2, 0.25) is 0 Å². The number of nitrogens with one attached hydrogen (secondary N) is 1. The van der Waals surface area contributed by atoms with Crippen LogP contribution < -0.4 is 5.32 Å². The summed E-state index contributed by atoms with van der Waals surface area (Å²) in [5, 5.41) is 4.59. The number of piperidine rings is 1. The van der Waals surface area contributed by atoms with Gasteiger partial charge in [-0.3, -0.25) is 0 Å². The van der Waals surface area contributed by atoms with E-state index in [9.17, 15) is 0 Å². The monoisotopic (exact) mass is 278 g/mol. The van der Waals surface area contributed by atoms with Crippen LogP contribution in [0.1, 0.15) is 36.8 Å². The third-order valence-electron chi connectivity index (χ3n) is 4.65. The van der Waals surface area contributed by atoms with E-state index in [4.69, 9.17) is 11.6 Å². The number of rotatable bonds is 3. The zero-order valence-corrected chi connectivity index (χ0v) is 12.4. The first-order chi connectivity index (χ1) is 9.22. The van der Waals surface area contributed by atoms with Gasteiger partial charge in [0.05, 0.1) is 0 Å². The Morgan fingerprint density at radius 3 is 3.05 bits per heavy atom. The molecule has 104 valence electrons. The van der Waals surface area contributed by atoms with Crippen molar-refractivity contribution in [3.8, 4) is 0 Å². The molecule has 0 aliphatic carbocycles. The number of aryl methyl sites for hydroxylation is 1. The molecule has 0 radical (unpaired) electrons. The Kier molecular flexibility index (Phi) is 4.11. The highest BCUT2D eigenvalue weighted by Crippen LogP contribution is 2.27. The summed E-state index contributed by atoms with van der Waals surface area (Å²) in [6.07, 6.45) is 5.40. The standard InChI is InChI=1S/C16H23ClN2/c1-12-4-5-13(9-16(12)17)11-18-14-6-8-19-7-2-3-15(19)10-14/h4-5,9,14-15,18H,2-3,6-8,10-11H2,1H3. The molecule has 19 heavy (non-hydrogen) atoms. The lowest BCUT2D eigenvalue weighted by molar-refractivity contribution is 0.166. The van der Waals surface area contributed by atoms with E-state index in [0.29, 0.717) is 6.04 Å². The molecule has 2 heterocycles. The summed E-state index contributed by atoms with van der Waals surface area (Å²) < 4.78 is 0. The van der Waals surface area contributed by atoms with Crippen LogP contribution >= 0.6 is 11.6 Å². The van der Waals surface area contributed by atoms with Crippen molar-refractivity contribution in [2.45, 2.75) is 51.2 Å². The van der Waals surface area contributed by atoms with Gasteiger partial charge in [-0.05, 0) is 62.9 Å². The van der Waals surface area contributed by atoms with Gasteiger partial charge >= 0.3 is 0 Å². The molecule has 2 saturated heterocycles. The van der Waals surface area contributed by atoms with E-state index in [1.807, 2.05) is 0 Å². The lowest BCUT2D eigenvalue weighted by atomic mass is 9.97. The smallest absolute Gasteiger partial charge is 0.0438 e. The summed E-state index contributed by atoms with van der Waals surface area (Å²) in [6.45, 7) is 5.59. The molecule has 2 aliphatic heterocycles. The van der Waals surface area contributed by atoms with Crippen molar-refractivity contribution in [1.29, 1.82) is 0 Å². The van der Waals surface area contributed by atoms with Crippen LogP contribution in [0, 0.1) is 6.92 Å². The molecule has 1 N–H and O–H groups in total. The topological polar surface area (TPSA) is 15.3 Å². The predicted octanol–water partition coefficient (Wildman–Crippen LogP) is 3.36. The summed E-state index contributed by atoms with van der Waals surface area (Å²) in [4.78, 5) is 2.67. The minimum absolute atomic E-state index is 0.680. The average Bonchev–Trinajstić information content (AvgIpc) is 2.87. The molecule has 2 fully saturated rings. The van der Waals surface area contributed by atoms with E-state index >= 15 is 0 Å². The zero-order chi connectivity index (χ0) is 13.2. The van der Waals surface area contributed by atoms with Crippen LogP contribution in [-0.4, -0.2) is 30.1 Å². The lowest BCUT2D eigenvalue weighted by Gasteiger charge is -2.35. The Labute approximate surface area is 121 Å². The van der Waals surface area contributed by atoms with E-state index in [-0.39, 0.29) is 0 Å². The van der Waals surface area contributed by atoms with Gasteiger partial charge in [0.15, 0.2) is 0 Å². The molecule has 0 aromatic heterocycles. The molecule has 0 amide bonds. The summed E-state index contributed by atoms with van der Waals surface area (Å²) in [6, 6.07) is 7.90. The number of benzene rings is 1. The molecule has 1 aromatic carbocycles. The van der Waals surface area contributed by atoms with Crippen LogP contribution in [0.25, 0.3) is 0 Å². The van der Waals surface area contributed by atoms with Gasteiger partial charge in [-0.15, -0.1) is 0 Å². The maximum atomic E-state index is 6.17. The fourth-order valence-electron chi connectivity index (χ4n) is 3.42. The Bertz CT molecular complexity index is 446. The molecule has 0 bridgehead atoms. The molecule has 3 heteroatoms. The van der Waals surface area contributed by atoms with Crippen LogP contribution in [-0.2, 0) is 6.54 Å². The molecular weight excluding hydrogens is 256 g/mol. The predicted molar refractivity (Wildman–Crippen MR) is 80.6 cm³/mol. The van der Waals surface area contributed by atoms with Crippen LogP contribution in [0.5, 0.6) is 0 Å². The number of halogens is 1. The first-order valence-corrected chi connectivity index (χ1v) is 7.82. The van der Waals surface area contributed by atoms with Crippen LogP contribution in [0.15, 0.2) is 18.2 Å². The summed E-state index contributed by atoms with van der Waals surface area (Å²) in [7, 11) is 0. The van der Waals surface area contributed by atoms with Crippen LogP contribution in [0.3, 0.4) is 0 Å². The second-order valence-corrected chi connectivity index (χ2v) is 6.42. The van der Waals surface area contributed by atoms with Gasteiger partial charge < -0.3 is 10.2 Å². The van der Waals surface area contributed by atoms with E-state index in [1.54, 1.807) is 0 Å². The van der Waals surface area contributed by atoms with Gasteiger partial charge in [0.25, 0.3) is 0 Å². The van der Waals surface area contributed by atoms with Gasteiger partial charge in [-0.2, -0.15) is 0 Å². The van der Waals surface area contributed by atoms with Crippen molar-refractivity contribution in [3.63, 3.8) is 0 Å². The minimum atomic E-state index is 0.680. The highest BCUT2D eigenvalue weighted by atomic mass is 35.5. The Morgan fingerprint density at radius 1 is 1.32 bits per heavy atom. The van der Waals surface area contributed by atoms with E-state index in [1.165, 1.54) is 44.3 Å². The second-order valence-electron chi connectivity index (χ2n) is 6.02. The molecule has 2 atom stereocenters. The first kappa shape index (κ1) is 13.4. The van der Waals surface area contributed by atoms with Crippen LogP contribution in [0.2, 0.25) is 5.02 Å². The van der Waals surface area contributed by atoms with Crippen molar-refractivity contribution < 1.29 is 0 Å². The molecule has 3 rings (SSSR count). The van der Waals surface area contributed by atoms with Gasteiger partial charge in [-0.25, -0.2) is 0 Å². The molecule has 2 nitrogen and oxygen atoms in total. The zero-order valence-electron chi connectivity index (χ0n) is 11.7. The van der Waals surface area contributed by atoms with Gasteiger partial charge in [0, 0.05) is 23.7 Å². The quantitative estimate of drug-likeness (QED) is 0.912. The number of nitrogens with zero attached hydrogens (tertiary/aromatic N) is 1. The van der Waals surface area contributed by atoms with Crippen molar-refractivity contribution >= 4 is 11.6 Å². The number of hydrogen-bond acceptors (Lipinski definition) is 2. The molecule has 0 spiro atoms. The molecular formula is C16H23ClN2. The fraction of sp³-hybridized carbons (Fsp3) is 0.625. The summed E-state index contributed by atoms with van der Waals surface area (Å²) in [5.41, 5.74) is 2.45.